The van der Waals surface area contributed by atoms with Gasteiger partial charge in [-0.2, -0.15) is 5.26 Å². The smallest absolute Gasteiger partial charge is 0.408 e. The summed E-state index contributed by atoms with van der Waals surface area (Å²) in [5.74, 6) is -0.696. The average molecular weight is 645 g/mol. The number of hydrogen-bond donors (Lipinski definition) is 0. The first-order valence-electron chi connectivity index (χ1n) is 16.4. The number of nitriles is 1. The van der Waals surface area contributed by atoms with Crippen molar-refractivity contribution in [2.45, 2.75) is 58.7 Å². The number of benzene rings is 2. The van der Waals surface area contributed by atoms with E-state index in [4.69, 9.17) is 19.4 Å². The summed E-state index contributed by atoms with van der Waals surface area (Å²) in [4.78, 5) is 37.0. The van der Waals surface area contributed by atoms with Gasteiger partial charge >= 0.3 is 5.76 Å². The number of aromatic nitrogens is 5. The van der Waals surface area contributed by atoms with Crippen LogP contribution in [0.5, 0.6) is 0 Å². The Balaban J connectivity index is 1.32. The van der Waals surface area contributed by atoms with Crippen molar-refractivity contribution in [3.8, 4) is 28.3 Å². The van der Waals surface area contributed by atoms with Crippen LogP contribution in [0.2, 0.25) is 0 Å². The van der Waals surface area contributed by atoms with Gasteiger partial charge in [-0.15, -0.1) is 0 Å². The monoisotopic (exact) mass is 644 g/mol. The van der Waals surface area contributed by atoms with Crippen LogP contribution in [-0.2, 0) is 30.8 Å². The molecule has 1 fully saturated rings. The van der Waals surface area contributed by atoms with Crippen LogP contribution in [0.25, 0.3) is 44.4 Å². The molecule has 0 N–H and O–H groups in total. The highest BCUT2D eigenvalue weighted by Gasteiger charge is 2.28. The van der Waals surface area contributed by atoms with Gasteiger partial charge in [0.1, 0.15) is 11.9 Å². The second-order valence-electron chi connectivity index (χ2n) is 12.8. The molecule has 2 aromatic carbocycles. The molecular weight excluding hydrogens is 611 g/mol. The number of rotatable bonds is 7. The molecule has 0 unspecified atom stereocenters. The van der Waals surface area contributed by atoms with E-state index in [0.717, 1.165) is 79.0 Å². The third-order valence-electron chi connectivity index (χ3n) is 9.74. The van der Waals surface area contributed by atoms with Crippen LogP contribution in [-0.4, -0.2) is 37.1 Å². The molecule has 0 bridgehead atoms. The van der Waals surface area contributed by atoms with E-state index >= 15 is 0 Å². The lowest BCUT2D eigenvalue weighted by atomic mass is 9.87. The van der Waals surface area contributed by atoms with Crippen molar-refractivity contribution in [3.63, 3.8) is 0 Å². The zero-order valence-corrected chi connectivity index (χ0v) is 26.5. The maximum atomic E-state index is 14.4. The fraction of sp³-hybridized carbons (Fsp3) is 0.324. The van der Waals surface area contributed by atoms with Crippen LogP contribution >= 0.6 is 0 Å². The molecule has 6 heterocycles. The van der Waals surface area contributed by atoms with Crippen molar-refractivity contribution in [2.75, 3.05) is 13.2 Å². The first-order chi connectivity index (χ1) is 23.4. The number of nitrogens with zero attached hydrogens (tertiary/aromatic N) is 6. The zero-order valence-electron chi connectivity index (χ0n) is 26.5. The van der Waals surface area contributed by atoms with E-state index in [9.17, 15) is 14.0 Å². The van der Waals surface area contributed by atoms with Gasteiger partial charge in [0, 0.05) is 49.3 Å². The minimum atomic E-state index is -0.642. The van der Waals surface area contributed by atoms with Crippen LogP contribution in [0.4, 0.5) is 4.39 Å². The van der Waals surface area contributed by atoms with Crippen LogP contribution in [0, 0.1) is 30.0 Å². The van der Waals surface area contributed by atoms with Gasteiger partial charge in [0.05, 0.1) is 28.7 Å². The van der Waals surface area contributed by atoms with Crippen LogP contribution in [0.15, 0.2) is 68.7 Å². The van der Waals surface area contributed by atoms with Gasteiger partial charge in [0.25, 0.3) is 5.56 Å². The quantitative estimate of drug-likeness (QED) is 0.210. The maximum Gasteiger partial charge on any atom is 0.420 e. The van der Waals surface area contributed by atoms with Crippen molar-refractivity contribution >= 4 is 22.1 Å². The first kappa shape index (κ1) is 30.0. The molecule has 0 atom stereocenters. The summed E-state index contributed by atoms with van der Waals surface area (Å²) in [5, 5.41) is 9.65. The minimum absolute atomic E-state index is 0.0589. The molecule has 10 nitrogen and oxygen atoms in total. The summed E-state index contributed by atoms with van der Waals surface area (Å²) in [5.41, 5.74) is 7.02. The highest BCUT2D eigenvalue weighted by Crippen LogP contribution is 2.41. The van der Waals surface area contributed by atoms with Gasteiger partial charge < -0.3 is 9.15 Å². The van der Waals surface area contributed by atoms with Gasteiger partial charge in [-0.25, -0.2) is 18.9 Å². The predicted octanol–water partition coefficient (Wildman–Crippen LogP) is 5.97. The average Bonchev–Trinajstić information content (AvgIpc) is 3.77. The largest absolute Gasteiger partial charge is 0.420 e. The summed E-state index contributed by atoms with van der Waals surface area (Å²) in [6.07, 6.45) is 6.37. The van der Waals surface area contributed by atoms with E-state index < -0.39 is 11.6 Å². The Bertz CT molecular complexity index is 2390. The molecule has 4 aromatic heterocycles. The second kappa shape index (κ2) is 12.0. The standard InChI is InChI=1S/C37H33FN6O4/c1-22-17-26(9-12-40-22)32-29(7-4-23-10-15-47-16-11-23)41-35-34(36(45)44-14-2-13-43(35)44)33(32)25-6-8-30-31(19-25)48-37(46)42(30)21-24-3-5-27(20-39)28(38)18-24/h3,5-6,8-9,12,17-19,23H,2,4,7,10-11,13-16,21H2,1H3. The van der Waals surface area contributed by atoms with E-state index in [2.05, 4.69) is 4.98 Å². The number of pyridine rings is 2. The summed E-state index contributed by atoms with van der Waals surface area (Å²) >= 11 is 0. The Morgan fingerprint density at radius 3 is 2.60 bits per heavy atom. The number of halogens is 1. The topological polar surface area (TPSA) is 121 Å². The summed E-state index contributed by atoms with van der Waals surface area (Å²) in [6.45, 7) is 4.90. The molecule has 48 heavy (non-hydrogen) atoms. The molecule has 0 spiro atoms. The number of fused-ring (bicyclic) bond motifs is 4. The highest BCUT2D eigenvalue weighted by molar-refractivity contribution is 6.03. The molecule has 0 radical (unpaired) electrons. The summed E-state index contributed by atoms with van der Waals surface area (Å²) in [7, 11) is 0. The minimum Gasteiger partial charge on any atom is -0.408 e. The Hall–Kier alpha value is -5.34. The number of aryl methyl sites for hydroxylation is 3. The van der Waals surface area contributed by atoms with E-state index in [-0.39, 0.29) is 17.7 Å². The molecule has 242 valence electrons. The number of ether oxygens (including phenoxy) is 1. The molecule has 0 aliphatic carbocycles. The highest BCUT2D eigenvalue weighted by atomic mass is 19.1. The van der Waals surface area contributed by atoms with Gasteiger partial charge in [0.15, 0.2) is 11.2 Å². The van der Waals surface area contributed by atoms with Gasteiger partial charge in [-0.1, -0.05) is 12.1 Å². The second-order valence-corrected chi connectivity index (χ2v) is 12.8. The Kier molecular flexibility index (Phi) is 7.53. The fourth-order valence-corrected chi connectivity index (χ4v) is 7.34. The third kappa shape index (κ3) is 5.13. The lowest BCUT2D eigenvalue weighted by molar-refractivity contribution is 0.0639. The van der Waals surface area contributed by atoms with Crippen LogP contribution < -0.4 is 11.3 Å². The van der Waals surface area contributed by atoms with Crippen molar-refractivity contribution in [3.05, 3.63) is 104 Å². The van der Waals surface area contributed by atoms with E-state index in [1.54, 1.807) is 16.9 Å². The molecule has 2 aliphatic rings. The molecule has 11 heteroatoms. The molecule has 8 rings (SSSR count). The SMILES string of the molecule is Cc1cc(-c2c(CCC3CCOCC3)nc3c(c2-c2ccc4c(c2)oc(=O)n4Cc2ccc(C#N)c(F)c2)c(=O)n2n3CCC2)ccn1. The first-order valence-corrected chi connectivity index (χ1v) is 16.4. The summed E-state index contributed by atoms with van der Waals surface area (Å²) in [6, 6.07) is 15.6. The lowest BCUT2D eigenvalue weighted by Crippen LogP contribution is -2.17. The van der Waals surface area contributed by atoms with Crippen molar-refractivity contribution < 1.29 is 13.5 Å². The Morgan fingerprint density at radius 1 is 1.00 bits per heavy atom. The van der Waals surface area contributed by atoms with E-state index in [1.807, 2.05) is 48.0 Å². The Morgan fingerprint density at radius 2 is 1.81 bits per heavy atom. The maximum absolute atomic E-state index is 14.4. The predicted molar refractivity (Wildman–Crippen MR) is 178 cm³/mol. The van der Waals surface area contributed by atoms with Crippen LogP contribution in [0.1, 0.15) is 48.2 Å². The van der Waals surface area contributed by atoms with Crippen molar-refractivity contribution in [1.29, 1.82) is 5.26 Å². The molecular formula is C37H33FN6O4. The summed E-state index contributed by atoms with van der Waals surface area (Å²) < 4.78 is 31.0. The van der Waals surface area contributed by atoms with Gasteiger partial charge in [-0.05, 0) is 98.0 Å². The Labute approximate surface area is 274 Å². The van der Waals surface area contributed by atoms with Crippen molar-refractivity contribution in [1.82, 2.24) is 23.9 Å². The van der Waals surface area contributed by atoms with Crippen LogP contribution in [0.3, 0.4) is 0 Å². The molecule has 0 saturated carbocycles. The van der Waals surface area contributed by atoms with Gasteiger partial charge in [-0.3, -0.25) is 19.0 Å². The lowest BCUT2D eigenvalue weighted by Gasteiger charge is -2.23. The molecule has 6 aromatic rings. The molecule has 1 saturated heterocycles. The third-order valence-corrected chi connectivity index (χ3v) is 9.74. The zero-order chi connectivity index (χ0) is 32.9. The number of oxazole rings is 1. The number of hydrogen-bond acceptors (Lipinski definition) is 7. The van der Waals surface area contributed by atoms with E-state index in [1.165, 1.54) is 16.7 Å². The normalized spacial score (nSPS) is 14.9. The van der Waals surface area contributed by atoms with Crippen molar-refractivity contribution in [2.24, 2.45) is 5.92 Å². The molecule has 0 amide bonds. The van der Waals surface area contributed by atoms with E-state index in [0.29, 0.717) is 46.7 Å². The van der Waals surface area contributed by atoms with Gasteiger partial charge in [0.2, 0.25) is 0 Å². The molecule has 2 aliphatic heterocycles. The fourth-order valence-electron chi connectivity index (χ4n) is 7.34.